The second kappa shape index (κ2) is 6.10. The Labute approximate surface area is 108 Å². The van der Waals surface area contributed by atoms with Gasteiger partial charge in [0.2, 0.25) is 5.91 Å². The third-order valence-corrected chi connectivity index (χ3v) is 4.98. The zero-order valence-corrected chi connectivity index (χ0v) is 11.2. The van der Waals surface area contributed by atoms with Crippen molar-refractivity contribution in [2.24, 2.45) is 5.92 Å². The van der Waals surface area contributed by atoms with E-state index in [9.17, 15) is 9.90 Å². The standard InChI is InChI=1S/C13H23NO2S/c15-12(11-4-2-1-3-5-11)14-10-13(16)6-8-17-9-7-13/h11,16H,1-10H2,(H,14,15). The summed E-state index contributed by atoms with van der Waals surface area (Å²) < 4.78 is 0. The summed E-state index contributed by atoms with van der Waals surface area (Å²) in [6.45, 7) is 0.447. The molecule has 1 heterocycles. The smallest absolute Gasteiger partial charge is 0.223 e. The molecular weight excluding hydrogens is 234 g/mol. The first kappa shape index (κ1) is 13.2. The molecule has 0 unspecified atom stereocenters. The predicted molar refractivity (Wildman–Crippen MR) is 71.1 cm³/mol. The number of carbonyl (C=O) groups is 1. The third kappa shape index (κ3) is 3.88. The van der Waals surface area contributed by atoms with Gasteiger partial charge in [-0.1, -0.05) is 19.3 Å². The summed E-state index contributed by atoms with van der Waals surface area (Å²) in [5.41, 5.74) is -0.643. The summed E-state index contributed by atoms with van der Waals surface area (Å²) in [5.74, 6) is 2.38. The number of hydrogen-bond donors (Lipinski definition) is 2. The lowest BCUT2D eigenvalue weighted by Crippen LogP contribution is -2.46. The van der Waals surface area contributed by atoms with E-state index >= 15 is 0 Å². The zero-order valence-electron chi connectivity index (χ0n) is 10.4. The highest BCUT2D eigenvalue weighted by Gasteiger charge is 2.31. The molecular formula is C13H23NO2S. The Kier molecular flexibility index (Phi) is 4.74. The van der Waals surface area contributed by atoms with Crippen molar-refractivity contribution in [3.63, 3.8) is 0 Å². The monoisotopic (exact) mass is 257 g/mol. The van der Waals surface area contributed by atoms with Crippen LogP contribution in [-0.2, 0) is 4.79 Å². The summed E-state index contributed by atoms with van der Waals surface area (Å²) >= 11 is 1.89. The van der Waals surface area contributed by atoms with Gasteiger partial charge in [-0.05, 0) is 37.2 Å². The van der Waals surface area contributed by atoms with Crippen LogP contribution in [0.4, 0.5) is 0 Å². The molecule has 17 heavy (non-hydrogen) atoms. The van der Waals surface area contributed by atoms with Gasteiger partial charge in [0.05, 0.1) is 5.60 Å². The number of rotatable bonds is 3. The maximum atomic E-state index is 12.0. The second-order valence-electron chi connectivity index (χ2n) is 5.39. The average Bonchev–Trinajstić information content (AvgIpc) is 2.38. The summed E-state index contributed by atoms with van der Waals surface area (Å²) in [6.07, 6.45) is 7.30. The van der Waals surface area contributed by atoms with E-state index in [2.05, 4.69) is 5.32 Å². The van der Waals surface area contributed by atoms with E-state index in [4.69, 9.17) is 0 Å². The lowest BCUT2D eigenvalue weighted by molar-refractivity contribution is -0.127. The average molecular weight is 257 g/mol. The van der Waals surface area contributed by atoms with Gasteiger partial charge in [-0.2, -0.15) is 11.8 Å². The normalized spacial score (nSPS) is 25.5. The van der Waals surface area contributed by atoms with Crippen molar-refractivity contribution in [1.82, 2.24) is 5.32 Å². The van der Waals surface area contributed by atoms with Crippen LogP contribution in [0, 0.1) is 5.92 Å². The van der Waals surface area contributed by atoms with Crippen molar-refractivity contribution < 1.29 is 9.90 Å². The van der Waals surface area contributed by atoms with Crippen LogP contribution in [0.15, 0.2) is 0 Å². The Morgan fingerprint density at radius 3 is 2.53 bits per heavy atom. The predicted octanol–water partition coefficient (Wildman–Crippen LogP) is 1.94. The van der Waals surface area contributed by atoms with Gasteiger partial charge in [0.15, 0.2) is 0 Å². The van der Waals surface area contributed by atoms with Crippen molar-refractivity contribution in [2.75, 3.05) is 18.1 Å². The highest BCUT2D eigenvalue weighted by atomic mass is 32.2. The molecule has 0 aromatic carbocycles. The van der Waals surface area contributed by atoms with Crippen molar-refractivity contribution in [1.29, 1.82) is 0 Å². The number of amides is 1. The van der Waals surface area contributed by atoms with Crippen LogP contribution in [0.3, 0.4) is 0 Å². The van der Waals surface area contributed by atoms with Gasteiger partial charge in [0.25, 0.3) is 0 Å². The first-order valence-corrected chi connectivity index (χ1v) is 7.93. The van der Waals surface area contributed by atoms with Crippen molar-refractivity contribution in [3.8, 4) is 0 Å². The number of carbonyl (C=O) groups excluding carboxylic acids is 1. The highest BCUT2D eigenvalue weighted by Crippen LogP contribution is 2.27. The van der Waals surface area contributed by atoms with E-state index in [0.29, 0.717) is 6.54 Å². The van der Waals surface area contributed by atoms with Gasteiger partial charge in [0.1, 0.15) is 0 Å². The highest BCUT2D eigenvalue weighted by molar-refractivity contribution is 7.99. The number of hydrogen-bond acceptors (Lipinski definition) is 3. The van der Waals surface area contributed by atoms with Gasteiger partial charge in [-0.3, -0.25) is 4.79 Å². The van der Waals surface area contributed by atoms with Crippen LogP contribution < -0.4 is 5.32 Å². The topological polar surface area (TPSA) is 49.3 Å². The molecule has 0 spiro atoms. The molecule has 0 bridgehead atoms. The minimum Gasteiger partial charge on any atom is -0.388 e. The van der Waals surface area contributed by atoms with E-state index in [1.165, 1.54) is 19.3 Å². The molecule has 2 N–H and O–H groups in total. The minimum atomic E-state index is -0.643. The maximum Gasteiger partial charge on any atom is 0.223 e. The van der Waals surface area contributed by atoms with E-state index in [1.54, 1.807) is 0 Å². The molecule has 98 valence electrons. The number of thioether (sulfide) groups is 1. The molecule has 3 nitrogen and oxygen atoms in total. The molecule has 1 aliphatic heterocycles. The number of aliphatic hydroxyl groups is 1. The van der Waals surface area contributed by atoms with Crippen LogP contribution in [0.5, 0.6) is 0 Å². The second-order valence-corrected chi connectivity index (χ2v) is 6.61. The largest absolute Gasteiger partial charge is 0.388 e. The molecule has 1 aliphatic carbocycles. The fraction of sp³-hybridized carbons (Fsp3) is 0.923. The van der Waals surface area contributed by atoms with Crippen LogP contribution in [0.1, 0.15) is 44.9 Å². The van der Waals surface area contributed by atoms with E-state index in [-0.39, 0.29) is 11.8 Å². The summed E-state index contributed by atoms with van der Waals surface area (Å²) in [6, 6.07) is 0. The summed E-state index contributed by atoms with van der Waals surface area (Å²) in [4.78, 5) is 12.0. The first-order chi connectivity index (χ1) is 8.20. The molecule has 1 saturated heterocycles. The fourth-order valence-corrected chi connectivity index (χ4v) is 3.94. The van der Waals surface area contributed by atoms with E-state index < -0.39 is 5.60 Å². The molecule has 1 saturated carbocycles. The summed E-state index contributed by atoms with van der Waals surface area (Å²) in [7, 11) is 0. The molecule has 4 heteroatoms. The van der Waals surface area contributed by atoms with Gasteiger partial charge in [-0.15, -0.1) is 0 Å². The number of nitrogens with one attached hydrogen (secondary N) is 1. The maximum absolute atomic E-state index is 12.0. The Bertz CT molecular complexity index is 258. The SMILES string of the molecule is O=C(NCC1(O)CCSCC1)C1CCCCC1. The quantitative estimate of drug-likeness (QED) is 0.812. The Morgan fingerprint density at radius 1 is 1.24 bits per heavy atom. The molecule has 0 aromatic heterocycles. The third-order valence-electron chi connectivity index (χ3n) is 3.99. The van der Waals surface area contributed by atoms with Crippen LogP contribution in [0.25, 0.3) is 0 Å². The van der Waals surface area contributed by atoms with Gasteiger partial charge in [0, 0.05) is 12.5 Å². The molecule has 0 atom stereocenters. The van der Waals surface area contributed by atoms with Crippen LogP contribution in [-0.4, -0.2) is 34.7 Å². The van der Waals surface area contributed by atoms with Gasteiger partial charge in [-0.25, -0.2) is 0 Å². The molecule has 1 amide bonds. The zero-order chi connectivity index (χ0) is 12.1. The van der Waals surface area contributed by atoms with E-state index in [1.807, 2.05) is 11.8 Å². The summed E-state index contributed by atoms with van der Waals surface area (Å²) in [5, 5.41) is 13.3. The lowest BCUT2D eigenvalue weighted by Gasteiger charge is -2.32. The van der Waals surface area contributed by atoms with Crippen molar-refractivity contribution >= 4 is 17.7 Å². The Morgan fingerprint density at radius 2 is 1.88 bits per heavy atom. The molecule has 2 rings (SSSR count). The van der Waals surface area contributed by atoms with Crippen molar-refractivity contribution in [2.45, 2.75) is 50.5 Å². The fourth-order valence-electron chi connectivity index (χ4n) is 2.69. The van der Waals surface area contributed by atoms with Crippen molar-refractivity contribution in [3.05, 3.63) is 0 Å². The Balaban J connectivity index is 1.74. The first-order valence-electron chi connectivity index (χ1n) is 6.77. The van der Waals surface area contributed by atoms with Gasteiger partial charge >= 0.3 is 0 Å². The minimum absolute atomic E-state index is 0.163. The molecule has 0 aromatic rings. The Hall–Kier alpha value is -0.220. The molecule has 0 radical (unpaired) electrons. The van der Waals surface area contributed by atoms with Crippen LogP contribution in [0.2, 0.25) is 0 Å². The van der Waals surface area contributed by atoms with Gasteiger partial charge < -0.3 is 10.4 Å². The van der Waals surface area contributed by atoms with E-state index in [0.717, 1.165) is 37.2 Å². The lowest BCUT2D eigenvalue weighted by atomic mass is 9.88. The molecule has 2 fully saturated rings. The van der Waals surface area contributed by atoms with Crippen LogP contribution >= 0.6 is 11.8 Å². The molecule has 2 aliphatic rings.